The Morgan fingerprint density at radius 1 is 1.20 bits per heavy atom. The van der Waals surface area contributed by atoms with Crippen molar-refractivity contribution in [3.63, 3.8) is 0 Å². The molecule has 2 aromatic rings. The molecule has 236 valence electrons. The minimum absolute atomic E-state index is 0.0575. The first-order valence-corrected chi connectivity index (χ1v) is 17.5. The lowest BCUT2D eigenvalue weighted by Crippen LogP contribution is -2.50. The van der Waals surface area contributed by atoms with E-state index < -0.39 is 16.5 Å². The van der Waals surface area contributed by atoms with Crippen LogP contribution >= 0.6 is 11.6 Å². The average molecular weight is 640 g/mol. The highest BCUT2D eigenvalue weighted by Crippen LogP contribution is 2.47. The topological polar surface area (TPSA) is 88.5 Å². The molecule has 2 aliphatic carbocycles. The van der Waals surface area contributed by atoms with Gasteiger partial charge in [-0.2, -0.15) is 4.36 Å². The molecule has 2 amide bonds. The second-order valence-electron chi connectivity index (χ2n) is 13.2. The Bertz CT molecular complexity index is 1550. The van der Waals surface area contributed by atoms with Crippen molar-refractivity contribution in [1.82, 2.24) is 4.90 Å². The molecule has 1 spiro atoms. The lowest BCUT2D eigenvalue weighted by molar-refractivity contribution is 0.0140. The lowest BCUT2D eigenvalue weighted by atomic mass is 9.68. The number of thiol groups is 1. The third-order valence-electron chi connectivity index (χ3n) is 9.77. The van der Waals surface area contributed by atoms with Crippen LogP contribution in [-0.2, 0) is 27.2 Å². The Balaban J connectivity index is 1.42. The van der Waals surface area contributed by atoms with Gasteiger partial charge in [-0.05, 0) is 97.9 Å². The molecule has 10 heteroatoms. The number of rotatable bonds is 1. The molecule has 8 nitrogen and oxygen atoms in total. The SMILES string of the molecule is C[C@H]1C/C=C/[C@H](OC(=O)N(C)C)[C@@H]2CC[C@H]2CN2C[C@@]3(CCCc4cc(Cl)ccc43)COc3ccc(cc32)C(=O)/N=[SH](=O)\C1. The van der Waals surface area contributed by atoms with Crippen LogP contribution in [-0.4, -0.2) is 66.8 Å². The van der Waals surface area contributed by atoms with Crippen LogP contribution in [0.1, 0.15) is 60.5 Å². The van der Waals surface area contributed by atoms with E-state index in [2.05, 4.69) is 21.4 Å². The number of anilines is 1. The molecule has 1 fully saturated rings. The fourth-order valence-corrected chi connectivity index (χ4v) is 8.54. The normalized spacial score (nSPS) is 31.2. The molecule has 1 saturated carbocycles. The molecule has 44 heavy (non-hydrogen) atoms. The van der Waals surface area contributed by atoms with Crippen LogP contribution in [0.2, 0.25) is 5.02 Å². The first-order chi connectivity index (χ1) is 21.1. The molecule has 0 saturated heterocycles. The number of carbonyl (C=O) groups excluding carboxylic acids is 2. The maximum absolute atomic E-state index is 13.2. The van der Waals surface area contributed by atoms with E-state index in [0.29, 0.717) is 24.3 Å². The van der Waals surface area contributed by atoms with Crippen LogP contribution < -0.4 is 9.64 Å². The highest BCUT2D eigenvalue weighted by atomic mass is 35.5. The quantitative estimate of drug-likeness (QED) is 0.291. The van der Waals surface area contributed by atoms with Gasteiger partial charge in [0.25, 0.3) is 5.91 Å². The van der Waals surface area contributed by atoms with Gasteiger partial charge in [-0.3, -0.25) is 9.00 Å². The van der Waals surface area contributed by atoms with Crippen molar-refractivity contribution in [3.05, 3.63) is 70.3 Å². The third kappa shape index (κ3) is 6.36. The number of fused-ring (bicyclic) bond motifs is 4. The molecule has 0 radical (unpaired) electrons. The number of benzene rings is 2. The van der Waals surface area contributed by atoms with Crippen molar-refractivity contribution in [1.29, 1.82) is 0 Å². The van der Waals surface area contributed by atoms with Crippen molar-refractivity contribution in [3.8, 4) is 5.75 Å². The minimum atomic E-state index is -2.06. The van der Waals surface area contributed by atoms with Crippen LogP contribution in [0.15, 0.2) is 52.9 Å². The zero-order valence-corrected chi connectivity index (χ0v) is 27.4. The van der Waals surface area contributed by atoms with Gasteiger partial charge in [-0.1, -0.05) is 30.7 Å². The van der Waals surface area contributed by atoms with Crippen LogP contribution in [0.4, 0.5) is 10.5 Å². The number of hydrogen-bond donors (Lipinski definition) is 1. The molecule has 0 N–H and O–H groups in total. The first-order valence-electron chi connectivity index (χ1n) is 15.7. The van der Waals surface area contributed by atoms with Crippen LogP contribution in [0.25, 0.3) is 0 Å². The number of allylic oxidation sites excluding steroid dienone is 1. The van der Waals surface area contributed by atoms with Gasteiger partial charge < -0.3 is 19.3 Å². The van der Waals surface area contributed by atoms with Crippen LogP contribution in [0, 0.1) is 17.8 Å². The monoisotopic (exact) mass is 639 g/mol. The van der Waals surface area contributed by atoms with Crippen molar-refractivity contribution in [2.24, 2.45) is 22.1 Å². The number of carbonyl (C=O) groups is 2. The van der Waals surface area contributed by atoms with Gasteiger partial charge in [0, 0.05) is 65.5 Å². The van der Waals surface area contributed by atoms with Gasteiger partial charge in [-0.25, -0.2) is 4.79 Å². The Kier molecular flexibility index (Phi) is 8.98. The van der Waals surface area contributed by atoms with Gasteiger partial charge in [0.15, 0.2) is 0 Å². The summed E-state index contributed by atoms with van der Waals surface area (Å²) < 4.78 is 29.6. The summed E-state index contributed by atoms with van der Waals surface area (Å²) in [5.74, 6) is 1.08. The van der Waals surface area contributed by atoms with Crippen molar-refractivity contribution >= 4 is 39.9 Å². The first kappa shape index (κ1) is 31.0. The smallest absolute Gasteiger partial charge is 0.409 e. The predicted molar refractivity (Wildman–Crippen MR) is 174 cm³/mol. The highest BCUT2D eigenvalue weighted by Gasteiger charge is 2.45. The van der Waals surface area contributed by atoms with Gasteiger partial charge >= 0.3 is 6.09 Å². The molecular weight excluding hydrogens is 598 g/mol. The van der Waals surface area contributed by atoms with Gasteiger partial charge in [-0.15, -0.1) is 0 Å². The number of aryl methyl sites for hydroxylation is 1. The number of halogens is 1. The van der Waals surface area contributed by atoms with E-state index in [1.807, 2.05) is 37.3 Å². The molecule has 6 atom stereocenters. The molecule has 2 bridgehead atoms. The van der Waals surface area contributed by atoms with Crippen molar-refractivity contribution in [2.45, 2.75) is 57.0 Å². The van der Waals surface area contributed by atoms with E-state index in [4.69, 9.17) is 21.1 Å². The zero-order chi connectivity index (χ0) is 31.0. The number of nitrogens with zero attached hydrogens (tertiary/aromatic N) is 3. The van der Waals surface area contributed by atoms with E-state index in [0.717, 1.165) is 61.7 Å². The summed E-state index contributed by atoms with van der Waals surface area (Å²) >= 11 is 6.42. The van der Waals surface area contributed by atoms with E-state index in [1.165, 1.54) is 16.0 Å². The summed E-state index contributed by atoms with van der Waals surface area (Å²) in [4.78, 5) is 29.8. The standard InChI is InChI=1S/C34H42ClN3O5S/c1-22-6-4-8-30(43-33(40)37(2)3)27-12-9-25(27)18-38-20-34(15-5-7-23-16-26(35)11-13-28(23)34)21-42-31-14-10-24(17-29(31)38)32(39)36-44(41)19-22/h4,8,10-11,13-14,16-17,22,25,27,30,44H,5-7,9,12,15,18-21H2,1-3H3/b8-4+/t22-,25-,27+,30-,34-/m0/s1. The Morgan fingerprint density at radius 3 is 2.82 bits per heavy atom. The third-order valence-corrected chi connectivity index (χ3v) is 11.3. The minimum Gasteiger partial charge on any atom is -0.490 e. The predicted octanol–water partition coefficient (Wildman–Crippen LogP) is 6.31. The van der Waals surface area contributed by atoms with E-state index >= 15 is 0 Å². The maximum atomic E-state index is 13.2. The fraction of sp³-hybridized carbons (Fsp3) is 0.529. The Morgan fingerprint density at radius 2 is 2.05 bits per heavy atom. The second kappa shape index (κ2) is 12.8. The Labute approximate surface area is 266 Å². The number of hydrogen-bond acceptors (Lipinski definition) is 6. The van der Waals surface area contributed by atoms with E-state index in [-0.39, 0.29) is 35.4 Å². The molecule has 2 aromatic carbocycles. The maximum Gasteiger partial charge on any atom is 0.409 e. The molecule has 1 unspecified atom stereocenters. The Hall–Kier alpha value is -3.04. The van der Waals surface area contributed by atoms with E-state index in [9.17, 15) is 13.8 Å². The molecular formula is C34H42ClN3O5S. The molecule has 6 rings (SSSR count). The number of ether oxygens (including phenoxy) is 2. The molecule has 2 aliphatic heterocycles. The summed E-state index contributed by atoms with van der Waals surface area (Å²) in [5, 5.41) is 0.743. The van der Waals surface area contributed by atoms with Crippen LogP contribution in [0.5, 0.6) is 5.75 Å². The van der Waals surface area contributed by atoms with Gasteiger partial charge in [0.05, 0.1) is 12.3 Å². The molecule has 4 aliphatic rings. The summed E-state index contributed by atoms with van der Waals surface area (Å²) in [6.45, 7) is 3.97. The van der Waals surface area contributed by atoms with Gasteiger partial charge in [0.1, 0.15) is 11.9 Å². The largest absolute Gasteiger partial charge is 0.490 e. The summed E-state index contributed by atoms with van der Waals surface area (Å²) in [6.07, 6.45) is 8.96. The lowest BCUT2D eigenvalue weighted by Gasteiger charge is -2.46. The van der Waals surface area contributed by atoms with Gasteiger partial charge in [0.2, 0.25) is 0 Å². The summed E-state index contributed by atoms with van der Waals surface area (Å²) in [5.41, 5.74) is 3.55. The molecule has 0 aromatic heterocycles. The highest BCUT2D eigenvalue weighted by molar-refractivity contribution is 7.75. The van der Waals surface area contributed by atoms with Crippen molar-refractivity contribution in [2.75, 3.05) is 44.4 Å². The van der Waals surface area contributed by atoms with E-state index in [1.54, 1.807) is 20.2 Å². The summed E-state index contributed by atoms with van der Waals surface area (Å²) in [6, 6.07) is 11.7. The number of amides is 2. The second-order valence-corrected chi connectivity index (χ2v) is 14.9. The fourth-order valence-electron chi connectivity index (χ4n) is 7.26. The average Bonchev–Trinajstić information content (AvgIpc) is 3.11. The van der Waals surface area contributed by atoms with Crippen LogP contribution in [0.3, 0.4) is 0 Å². The van der Waals surface area contributed by atoms with Crippen molar-refractivity contribution < 1.29 is 23.3 Å². The summed E-state index contributed by atoms with van der Waals surface area (Å²) in [7, 11) is 1.33. The zero-order valence-electron chi connectivity index (χ0n) is 25.7. The molecule has 2 heterocycles.